The van der Waals surface area contributed by atoms with Crippen LogP contribution in [0.1, 0.15) is 19.4 Å². The van der Waals surface area contributed by atoms with Gasteiger partial charge in [0.1, 0.15) is 23.6 Å². The van der Waals surface area contributed by atoms with Crippen LogP contribution in [0.3, 0.4) is 0 Å². The summed E-state index contributed by atoms with van der Waals surface area (Å²) in [4.78, 5) is 8.90. The minimum Gasteiger partial charge on any atom is -0.494 e. The fourth-order valence-corrected chi connectivity index (χ4v) is 4.23. The normalized spacial score (nSPS) is 13.3. The molecule has 1 atom stereocenters. The second-order valence-electron chi connectivity index (χ2n) is 7.90. The van der Waals surface area contributed by atoms with Crippen molar-refractivity contribution in [2.45, 2.75) is 26.9 Å². The van der Waals surface area contributed by atoms with Crippen LogP contribution in [0.4, 0.5) is 17.2 Å². The standard InChI is InChI=1S/C22H26N6O3S/c1-12(2)31-19-9-15-14(10-25-27-15)7-16(19)26-22-20-13(3)21(30-4)18(28-32(5,6)29)8-17(20)23-11-24-22/h7-12H,5H2,1-4,6H3,(H,25,27)(H,28,29)(H,23,24,26). The Labute approximate surface area is 186 Å². The van der Waals surface area contributed by atoms with Crippen molar-refractivity contribution in [1.29, 1.82) is 0 Å². The number of hydrogen-bond donors (Lipinski definition) is 3. The molecule has 0 spiro atoms. The number of fused-ring (bicyclic) bond motifs is 2. The minimum atomic E-state index is -2.50. The van der Waals surface area contributed by atoms with Gasteiger partial charge in [0, 0.05) is 38.4 Å². The average molecular weight is 455 g/mol. The van der Waals surface area contributed by atoms with E-state index in [2.05, 4.69) is 36.1 Å². The molecule has 0 saturated carbocycles. The fourth-order valence-electron chi connectivity index (χ4n) is 3.61. The van der Waals surface area contributed by atoms with Gasteiger partial charge in [-0.25, -0.2) is 14.2 Å². The second kappa shape index (κ2) is 8.19. The number of hydrogen-bond acceptors (Lipinski definition) is 7. The second-order valence-corrected chi connectivity index (χ2v) is 10.1. The molecule has 168 valence electrons. The lowest BCUT2D eigenvalue weighted by Crippen LogP contribution is -2.11. The molecule has 0 saturated heterocycles. The average Bonchev–Trinajstić information content (AvgIpc) is 3.14. The van der Waals surface area contributed by atoms with E-state index >= 15 is 0 Å². The van der Waals surface area contributed by atoms with Gasteiger partial charge in [0.15, 0.2) is 0 Å². The van der Waals surface area contributed by atoms with Crippen molar-refractivity contribution in [2.75, 3.05) is 23.4 Å². The van der Waals surface area contributed by atoms with Crippen LogP contribution in [0.2, 0.25) is 0 Å². The topological polar surface area (TPSA) is 114 Å². The van der Waals surface area contributed by atoms with Gasteiger partial charge in [0.05, 0.1) is 41.8 Å². The Morgan fingerprint density at radius 2 is 1.97 bits per heavy atom. The SMILES string of the molecule is C=S(C)(=O)Nc1cc2ncnc(Nc3cc4cn[nH]c4cc3OC(C)C)c2c(C)c1OC. The van der Waals surface area contributed by atoms with E-state index in [0.717, 1.165) is 27.5 Å². The molecule has 10 heteroatoms. The lowest BCUT2D eigenvalue weighted by Gasteiger charge is -2.19. The molecule has 0 aliphatic heterocycles. The highest BCUT2D eigenvalue weighted by Crippen LogP contribution is 2.39. The molecule has 0 bridgehead atoms. The molecule has 32 heavy (non-hydrogen) atoms. The van der Waals surface area contributed by atoms with E-state index in [4.69, 9.17) is 9.47 Å². The van der Waals surface area contributed by atoms with Crippen LogP contribution in [0, 0.1) is 6.92 Å². The summed E-state index contributed by atoms with van der Waals surface area (Å²) < 4.78 is 26.8. The maximum atomic E-state index is 12.2. The highest BCUT2D eigenvalue weighted by atomic mass is 32.2. The van der Waals surface area contributed by atoms with Crippen LogP contribution >= 0.6 is 0 Å². The van der Waals surface area contributed by atoms with Gasteiger partial charge in [-0.3, -0.25) is 5.10 Å². The Kier molecular flexibility index (Phi) is 5.55. The van der Waals surface area contributed by atoms with Gasteiger partial charge in [-0.2, -0.15) is 5.10 Å². The van der Waals surface area contributed by atoms with Crippen LogP contribution < -0.4 is 19.5 Å². The molecule has 0 amide bonds. The van der Waals surface area contributed by atoms with Crippen molar-refractivity contribution < 1.29 is 13.7 Å². The van der Waals surface area contributed by atoms with Crippen LogP contribution in [0.5, 0.6) is 11.5 Å². The Morgan fingerprint density at radius 1 is 1.19 bits per heavy atom. The van der Waals surface area contributed by atoms with Gasteiger partial charge < -0.3 is 19.5 Å². The van der Waals surface area contributed by atoms with Crippen LogP contribution in [-0.4, -0.2) is 49.7 Å². The number of benzene rings is 2. The third-order valence-electron chi connectivity index (χ3n) is 4.80. The first-order valence-corrected chi connectivity index (χ1v) is 12.1. The summed E-state index contributed by atoms with van der Waals surface area (Å²) in [7, 11) is -0.933. The number of methoxy groups -OCH3 is 1. The zero-order valence-electron chi connectivity index (χ0n) is 18.6. The number of rotatable bonds is 7. The predicted molar refractivity (Wildman–Crippen MR) is 131 cm³/mol. The summed E-state index contributed by atoms with van der Waals surface area (Å²) in [6.07, 6.45) is 4.75. The minimum absolute atomic E-state index is 0.0138. The summed E-state index contributed by atoms with van der Waals surface area (Å²) in [6, 6.07) is 5.66. The number of nitrogens with one attached hydrogen (secondary N) is 3. The first-order valence-electron chi connectivity index (χ1n) is 9.99. The third kappa shape index (κ3) is 4.26. The molecule has 4 rings (SSSR count). The van der Waals surface area contributed by atoms with Gasteiger partial charge in [-0.05, 0) is 38.8 Å². The Morgan fingerprint density at radius 3 is 2.66 bits per heavy atom. The van der Waals surface area contributed by atoms with Crippen molar-refractivity contribution in [2.24, 2.45) is 0 Å². The maximum Gasteiger partial charge on any atom is 0.146 e. The first kappa shape index (κ1) is 21.7. The first-order chi connectivity index (χ1) is 15.2. The summed E-state index contributed by atoms with van der Waals surface area (Å²) in [5, 5.41) is 12.2. The molecule has 2 aromatic carbocycles. The summed E-state index contributed by atoms with van der Waals surface area (Å²) in [5.41, 5.74) is 3.66. The monoisotopic (exact) mass is 454 g/mol. The quantitative estimate of drug-likeness (QED) is 0.361. The summed E-state index contributed by atoms with van der Waals surface area (Å²) in [5.74, 6) is 5.50. The molecule has 3 N–H and O–H groups in total. The van der Waals surface area contributed by atoms with Gasteiger partial charge in [0.25, 0.3) is 0 Å². The van der Waals surface area contributed by atoms with Crippen molar-refractivity contribution in [3.8, 4) is 11.5 Å². The molecular formula is C22H26N6O3S. The van der Waals surface area contributed by atoms with E-state index in [1.54, 1.807) is 19.4 Å². The molecule has 2 aromatic heterocycles. The van der Waals surface area contributed by atoms with Crippen LogP contribution in [0.25, 0.3) is 21.8 Å². The Hall–Kier alpha value is -3.53. The van der Waals surface area contributed by atoms with Gasteiger partial charge in [0.2, 0.25) is 0 Å². The number of aryl methyl sites for hydroxylation is 1. The summed E-state index contributed by atoms with van der Waals surface area (Å²) in [6.45, 7) is 5.85. The van der Waals surface area contributed by atoms with E-state index in [1.165, 1.54) is 12.6 Å². The molecule has 4 aromatic rings. The lowest BCUT2D eigenvalue weighted by molar-refractivity contribution is 0.244. The van der Waals surface area contributed by atoms with Crippen LogP contribution in [0.15, 0.2) is 30.7 Å². The Balaban J connectivity index is 1.87. The Bertz CT molecular complexity index is 1410. The molecular weight excluding hydrogens is 428 g/mol. The smallest absolute Gasteiger partial charge is 0.146 e. The maximum absolute atomic E-state index is 12.2. The molecule has 0 radical (unpaired) electrons. The molecule has 9 nitrogen and oxygen atoms in total. The van der Waals surface area contributed by atoms with E-state index in [-0.39, 0.29) is 6.10 Å². The zero-order chi connectivity index (χ0) is 23.0. The number of H-pyrrole nitrogens is 1. The number of nitrogens with zero attached hydrogens (tertiary/aromatic N) is 3. The van der Waals surface area contributed by atoms with Crippen molar-refractivity contribution in [1.82, 2.24) is 20.2 Å². The lowest BCUT2D eigenvalue weighted by atomic mass is 10.1. The van der Waals surface area contributed by atoms with Gasteiger partial charge in [-0.15, -0.1) is 0 Å². The van der Waals surface area contributed by atoms with Crippen molar-refractivity contribution >= 4 is 54.6 Å². The van der Waals surface area contributed by atoms with Gasteiger partial charge >= 0.3 is 0 Å². The summed E-state index contributed by atoms with van der Waals surface area (Å²) >= 11 is 0. The molecule has 0 aliphatic rings. The van der Waals surface area contributed by atoms with Gasteiger partial charge in [-0.1, -0.05) is 0 Å². The van der Waals surface area contributed by atoms with E-state index < -0.39 is 9.71 Å². The van der Waals surface area contributed by atoms with E-state index in [1.807, 2.05) is 32.9 Å². The highest BCUT2D eigenvalue weighted by Gasteiger charge is 2.18. The largest absolute Gasteiger partial charge is 0.494 e. The molecule has 0 fully saturated rings. The molecule has 0 aliphatic carbocycles. The number of aromatic amines is 1. The predicted octanol–water partition coefficient (Wildman–Crippen LogP) is 4.03. The van der Waals surface area contributed by atoms with Crippen molar-refractivity contribution in [3.05, 3.63) is 36.3 Å². The molecule has 2 heterocycles. The molecule has 1 unspecified atom stereocenters. The van der Waals surface area contributed by atoms with Crippen LogP contribution in [-0.2, 0) is 9.71 Å². The van der Waals surface area contributed by atoms with E-state index in [9.17, 15) is 4.21 Å². The number of aromatic nitrogens is 4. The highest BCUT2D eigenvalue weighted by molar-refractivity contribution is 8.00. The third-order valence-corrected chi connectivity index (χ3v) is 5.46. The van der Waals surface area contributed by atoms with Crippen molar-refractivity contribution in [3.63, 3.8) is 0 Å². The number of ether oxygens (including phenoxy) is 2. The fraction of sp³-hybridized carbons (Fsp3) is 0.273. The zero-order valence-corrected chi connectivity index (χ0v) is 19.5. The van der Waals surface area contributed by atoms with E-state index in [0.29, 0.717) is 28.5 Å². The number of anilines is 3.